The van der Waals surface area contributed by atoms with E-state index in [9.17, 15) is 23.7 Å². The number of nitrogens with zero attached hydrogens (tertiary/aromatic N) is 1. The molecule has 3 rings (SSSR count). The topological polar surface area (TPSA) is 141 Å². The molecule has 11 nitrogen and oxygen atoms in total. The number of esters is 1. The largest absolute Gasteiger partial charge is 0.462 e. The highest BCUT2D eigenvalue weighted by Crippen LogP contribution is 2.46. The molecule has 1 saturated heterocycles. The Balaban J connectivity index is 1.77. The van der Waals surface area contributed by atoms with Crippen LogP contribution in [0.15, 0.2) is 41.3 Å². The first-order chi connectivity index (χ1) is 16.9. The molecule has 2 aromatic rings. The van der Waals surface area contributed by atoms with Gasteiger partial charge in [0.05, 0.1) is 12.7 Å². The number of rotatable bonds is 10. The molecule has 1 fully saturated rings. The Kier molecular flexibility index (Phi) is 9.20. The molecule has 0 bridgehead atoms. The number of para-hydroxylation sites is 1. The molecule has 2 unspecified atom stereocenters. The van der Waals surface area contributed by atoms with Crippen LogP contribution >= 0.6 is 20.0 Å². The van der Waals surface area contributed by atoms with Gasteiger partial charge in [0, 0.05) is 11.8 Å². The highest BCUT2D eigenvalue weighted by atomic mass is 32.1. The minimum atomic E-state index is -4.26. The number of nitrogens with one attached hydrogen (secondary N) is 2. The first kappa shape index (κ1) is 28.2. The van der Waals surface area contributed by atoms with Gasteiger partial charge in [0.15, 0.2) is 12.4 Å². The minimum absolute atomic E-state index is 0.175. The minimum Gasteiger partial charge on any atom is -0.462 e. The van der Waals surface area contributed by atoms with E-state index in [2.05, 4.69) is 10.1 Å². The summed E-state index contributed by atoms with van der Waals surface area (Å²) in [5, 5.41) is 12.9. The Bertz CT molecular complexity index is 1220. The highest BCUT2D eigenvalue weighted by molar-refractivity contribution is 7.71. The van der Waals surface area contributed by atoms with Crippen molar-refractivity contribution in [1.29, 1.82) is 0 Å². The molecule has 0 spiro atoms. The van der Waals surface area contributed by atoms with E-state index in [0.717, 1.165) is 4.57 Å². The van der Waals surface area contributed by atoms with E-state index in [0.29, 0.717) is 5.56 Å². The van der Waals surface area contributed by atoms with E-state index < -0.39 is 62.8 Å². The number of hydrogen-bond donors (Lipinski definition) is 3. The van der Waals surface area contributed by atoms with Gasteiger partial charge in [-0.15, -0.1) is 0 Å². The van der Waals surface area contributed by atoms with E-state index in [-0.39, 0.29) is 10.4 Å². The standard InChI is InChI=1S/C22H29FN3O8PS/c1-12(2)32-21(28)14(4)25-35(30,34-15-8-6-5-7-9-15)31-11-16-18(27)17(23)20(33-16)26-10-13(3)19(36)24-22(26)29/h5-10,12,14,16-18,20,27H,11H2,1-4H3,(H,25,30)(H,24,29,36)/t14-,16-,17+,18?,20-,35?/m0/s1. The van der Waals surface area contributed by atoms with Crippen LogP contribution in [-0.2, 0) is 23.4 Å². The zero-order valence-corrected chi connectivity index (χ0v) is 21.8. The van der Waals surface area contributed by atoms with Crippen molar-refractivity contribution in [3.63, 3.8) is 0 Å². The van der Waals surface area contributed by atoms with Gasteiger partial charge in [-0.05, 0) is 39.8 Å². The second-order valence-corrected chi connectivity index (χ2v) is 10.6. The van der Waals surface area contributed by atoms with Gasteiger partial charge in [0.2, 0.25) is 0 Å². The molecule has 1 aromatic carbocycles. The number of alkyl halides is 1. The Labute approximate surface area is 212 Å². The third-order valence-corrected chi connectivity index (χ3v) is 7.22. The molecule has 6 atom stereocenters. The summed E-state index contributed by atoms with van der Waals surface area (Å²) in [7, 11) is -4.26. The number of carbonyl (C=O) groups excluding carboxylic acids is 1. The number of aryl methyl sites for hydroxylation is 1. The normalized spacial score (nSPS) is 24.3. The summed E-state index contributed by atoms with van der Waals surface area (Å²) < 4.78 is 51.3. The van der Waals surface area contributed by atoms with Crippen molar-refractivity contribution in [2.75, 3.05) is 6.61 Å². The lowest BCUT2D eigenvalue weighted by atomic mass is 10.1. The maximum absolute atomic E-state index is 14.9. The van der Waals surface area contributed by atoms with Crippen molar-refractivity contribution >= 4 is 25.9 Å². The van der Waals surface area contributed by atoms with Crippen LogP contribution in [0.25, 0.3) is 0 Å². The van der Waals surface area contributed by atoms with Crippen LogP contribution in [-0.4, -0.2) is 57.8 Å². The van der Waals surface area contributed by atoms with Gasteiger partial charge in [-0.2, -0.15) is 5.09 Å². The lowest BCUT2D eigenvalue weighted by Crippen LogP contribution is -2.37. The molecule has 1 aliphatic heterocycles. The van der Waals surface area contributed by atoms with Gasteiger partial charge in [0.1, 0.15) is 28.6 Å². The number of halogens is 1. The van der Waals surface area contributed by atoms with E-state index in [1.165, 1.54) is 25.3 Å². The van der Waals surface area contributed by atoms with Gasteiger partial charge in [-0.25, -0.2) is 13.8 Å². The van der Waals surface area contributed by atoms with Gasteiger partial charge in [0.25, 0.3) is 0 Å². The molecule has 2 heterocycles. The Morgan fingerprint density at radius 3 is 2.64 bits per heavy atom. The van der Waals surface area contributed by atoms with Crippen molar-refractivity contribution in [3.05, 3.63) is 57.2 Å². The molecule has 0 radical (unpaired) electrons. The fraction of sp³-hybridized carbons (Fsp3) is 0.500. The summed E-state index contributed by atoms with van der Waals surface area (Å²) in [6.07, 6.45) is -5.58. The first-order valence-corrected chi connectivity index (χ1v) is 13.1. The van der Waals surface area contributed by atoms with E-state index in [4.69, 9.17) is 30.7 Å². The third kappa shape index (κ3) is 6.87. The zero-order valence-electron chi connectivity index (χ0n) is 20.1. The number of aromatic nitrogens is 2. The molecule has 0 amide bonds. The van der Waals surface area contributed by atoms with Crippen molar-refractivity contribution in [1.82, 2.24) is 14.6 Å². The summed E-state index contributed by atoms with van der Waals surface area (Å²) in [5.41, 5.74) is -0.217. The summed E-state index contributed by atoms with van der Waals surface area (Å²) in [6.45, 7) is 5.78. The Morgan fingerprint density at radius 2 is 2.00 bits per heavy atom. The predicted molar refractivity (Wildman–Crippen MR) is 130 cm³/mol. The van der Waals surface area contributed by atoms with Crippen LogP contribution in [0.4, 0.5) is 4.39 Å². The number of H-pyrrole nitrogens is 1. The van der Waals surface area contributed by atoms with E-state index in [1.54, 1.807) is 39.0 Å². The van der Waals surface area contributed by atoms with Gasteiger partial charge in [-0.1, -0.05) is 30.4 Å². The highest BCUT2D eigenvalue weighted by Gasteiger charge is 2.47. The molecule has 36 heavy (non-hydrogen) atoms. The van der Waals surface area contributed by atoms with Crippen molar-refractivity contribution in [2.45, 2.75) is 64.4 Å². The average molecular weight is 546 g/mol. The quantitative estimate of drug-likeness (QED) is 0.232. The van der Waals surface area contributed by atoms with Crippen molar-refractivity contribution in [2.24, 2.45) is 0 Å². The maximum atomic E-state index is 14.9. The Morgan fingerprint density at radius 1 is 1.33 bits per heavy atom. The molecule has 0 aliphatic carbocycles. The number of aromatic amines is 1. The number of hydrogen-bond acceptors (Lipinski definition) is 9. The summed E-state index contributed by atoms with van der Waals surface area (Å²) in [5.74, 6) is -0.517. The van der Waals surface area contributed by atoms with Crippen LogP contribution in [0, 0.1) is 11.6 Å². The lowest BCUT2D eigenvalue weighted by Gasteiger charge is -2.25. The molecule has 3 N–H and O–H groups in total. The van der Waals surface area contributed by atoms with Gasteiger partial charge < -0.3 is 19.1 Å². The molecule has 198 valence electrons. The van der Waals surface area contributed by atoms with E-state index >= 15 is 0 Å². The molecule has 0 saturated carbocycles. The van der Waals surface area contributed by atoms with Crippen LogP contribution in [0.5, 0.6) is 5.75 Å². The maximum Gasteiger partial charge on any atom is 0.459 e. The summed E-state index contributed by atoms with van der Waals surface area (Å²) in [4.78, 5) is 26.9. The lowest BCUT2D eigenvalue weighted by molar-refractivity contribution is -0.149. The smallest absolute Gasteiger partial charge is 0.459 e. The second-order valence-electron chi connectivity index (χ2n) is 8.51. The SMILES string of the molecule is Cc1cn([C@H]2O[C@@H](COP(=O)(N[C@@H](C)C(=O)OC(C)C)Oc3ccccc3)C(O)[C@H]2F)c(=O)[nH]c1=S. The first-order valence-electron chi connectivity index (χ1n) is 11.2. The number of carbonyl (C=O) groups is 1. The van der Waals surface area contributed by atoms with E-state index in [1.807, 2.05) is 0 Å². The van der Waals surface area contributed by atoms with Gasteiger partial charge >= 0.3 is 19.4 Å². The molecule has 1 aliphatic rings. The average Bonchev–Trinajstić information content (AvgIpc) is 3.08. The van der Waals surface area contributed by atoms with Crippen molar-refractivity contribution in [3.8, 4) is 5.75 Å². The fourth-order valence-corrected chi connectivity index (χ4v) is 4.99. The number of ether oxygens (including phenoxy) is 2. The number of benzene rings is 1. The second kappa shape index (κ2) is 11.8. The van der Waals surface area contributed by atoms with Gasteiger partial charge in [-0.3, -0.25) is 18.9 Å². The molecule has 14 heteroatoms. The Hall–Kier alpha value is -2.41. The number of aliphatic hydroxyl groups is 1. The monoisotopic (exact) mass is 545 g/mol. The third-order valence-electron chi connectivity index (χ3n) is 5.15. The molecular formula is C22H29FN3O8PS. The van der Waals surface area contributed by atoms with Crippen LogP contribution in [0.1, 0.15) is 32.6 Å². The summed E-state index contributed by atoms with van der Waals surface area (Å²) >= 11 is 5.00. The van der Waals surface area contributed by atoms with Crippen LogP contribution in [0.3, 0.4) is 0 Å². The van der Waals surface area contributed by atoms with Crippen LogP contribution in [0.2, 0.25) is 0 Å². The zero-order chi connectivity index (χ0) is 26.6. The van der Waals surface area contributed by atoms with Crippen LogP contribution < -0.4 is 15.3 Å². The fourth-order valence-electron chi connectivity index (χ4n) is 3.35. The molecule has 1 aromatic heterocycles. The summed E-state index contributed by atoms with van der Waals surface area (Å²) in [6, 6.07) is 6.96. The predicted octanol–water partition coefficient (Wildman–Crippen LogP) is 2.94. The van der Waals surface area contributed by atoms with Crippen molar-refractivity contribution < 1.29 is 37.4 Å². The number of aliphatic hydroxyl groups excluding tert-OH is 1. The molecular weight excluding hydrogens is 516 g/mol.